The largest absolute Gasteiger partial charge is 0.317 e. The minimum Gasteiger partial charge on any atom is -0.317 e. The fourth-order valence-corrected chi connectivity index (χ4v) is 2.82. The van der Waals surface area contributed by atoms with E-state index in [9.17, 15) is 0 Å². The molecule has 0 saturated carbocycles. The molecule has 0 aliphatic carbocycles. The summed E-state index contributed by atoms with van der Waals surface area (Å²) in [7, 11) is 2.06. The van der Waals surface area contributed by atoms with Crippen LogP contribution < -0.4 is 5.32 Å². The highest BCUT2D eigenvalue weighted by molar-refractivity contribution is 7.09. The lowest BCUT2D eigenvalue weighted by Crippen LogP contribution is -2.26. The number of thiophene rings is 1. The summed E-state index contributed by atoms with van der Waals surface area (Å²) in [6.07, 6.45) is 8.45. The van der Waals surface area contributed by atoms with Crippen molar-refractivity contribution in [2.45, 2.75) is 31.7 Å². The van der Waals surface area contributed by atoms with Gasteiger partial charge in [-0.2, -0.15) is 0 Å². The van der Waals surface area contributed by atoms with Crippen molar-refractivity contribution in [3.05, 3.63) is 52.5 Å². The first kappa shape index (κ1) is 13.2. The fraction of sp³-hybridized carbons (Fsp3) is 0.400. The molecule has 2 aromatic heterocycles. The molecule has 0 fully saturated rings. The topological polar surface area (TPSA) is 24.9 Å². The molecule has 1 unspecified atom stereocenters. The lowest BCUT2D eigenvalue weighted by atomic mass is 10.0. The van der Waals surface area contributed by atoms with Crippen molar-refractivity contribution in [2.24, 2.45) is 0 Å². The van der Waals surface area contributed by atoms with Crippen LogP contribution >= 0.6 is 11.3 Å². The van der Waals surface area contributed by atoms with Crippen LogP contribution in [0.1, 0.15) is 23.3 Å². The van der Waals surface area contributed by atoms with Gasteiger partial charge >= 0.3 is 0 Å². The van der Waals surface area contributed by atoms with Gasteiger partial charge in [0, 0.05) is 23.3 Å². The Morgan fingerprint density at radius 3 is 2.78 bits per heavy atom. The summed E-state index contributed by atoms with van der Waals surface area (Å²) in [4.78, 5) is 5.64. The Morgan fingerprint density at radius 2 is 2.11 bits per heavy atom. The molecule has 2 rings (SSSR count). The van der Waals surface area contributed by atoms with E-state index < -0.39 is 0 Å². The quantitative estimate of drug-likeness (QED) is 0.826. The summed E-state index contributed by atoms with van der Waals surface area (Å²) < 4.78 is 0. The van der Waals surface area contributed by atoms with Gasteiger partial charge in [0.05, 0.1) is 0 Å². The number of hydrogen-bond acceptors (Lipinski definition) is 3. The van der Waals surface area contributed by atoms with Crippen LogP contribution in [0.4, 0.5) is 0 Å². The molecule has 0 spiro atoms. The van der Waals surface area contributed by atoms with E-state index in [0.29, 0.717) is 6.04 Å². The van der Waals surface area contributed by atoms with Gasteiger partial charge in [0.25, 0.3) is 0 Å². The Balaban J connectivity index is 1.75. The van der Waals surface area contributed by atoms with Crippen LogP contribution in [-0.4, -0.2) is 18.1 Å². The highest BCUT2D eigenvalue weighted by atomic mass is 32.1. The zero-order valence-electron chi connectivity index (χ0n) is 10.8. The summed E-state index contributed by atoms with van der Waals surface area (Å²) in [5.74, 6) is 0. The van der Waals surface area contributed by atoms with E-state index in [-0.39, 0.29) is 0 Å². The van der Waals surface area contributed by atoms with Crippen LogP contribution in [-0.2, 0) is 12.8 Å². The predicted octanol–water partition coefficient (Wildman–Crippen LogP) is 3.30. The van der Waals surface area contributed by atoms with Crippen molar-refractivity contribution in [2.75, 3.05) is 7.05 Å². The summed E-state index contributed by atoms with van der Waals surface area (Å²) in [6.45, 7) is 0. The molecule has 96 valence electrons. The zero-order valence-corrected chi connectivity index (χ0v) is 11.6. The van der Waals surface area contributed by atoms with E-state index in [1.165, 1.54) is 29.7 Å². The van der Waals surface area contributed by atoms with Crippen LogP contribution in [0.5, 0.6) is 0 Å². The predicted molar refractivity (Wildman–Crippen MR) is 78.0 cm³/mol. The number of hydrogen-bond donors (Lipinski definition) is 1. The van der Waals surface area contributed by atoms with Crippen molar-refractivity contribution in [1.29, 1.82) is 0 Å². The molecule has 1 N–H and O–H groups in total. The molecule has 0 radical (unpaired) electrons. The van der Waals surface area contributed by atoms with E-state index in [1.54, 1.807) is 0 Å². The number of aromatic nitrogens is 1. The van der Waals surface area contributed by atoms with E-state index in [1.807, 2.05) is 29.8 Å². The maximum atomic E-state index is 4.16. The molecule has 2 aromatic rings. The normalized spacial score (nSPS) is 12.5. The number of nitrogens with one attached hydrogen (secondary N) is 1. The van der Waals surface area contributed by atoms with Gasteiger partial charge in [0.15, 0.2) is 0 Å². The lowest BCUT2D eigenvalue weighted by Gasteiger charge is -2.15. The van der Waals surface area contributed by atoms with Crippen LogP contribution in [0.25, 0.3) is 0 Å². The van der Waals surface area contributed by atoms with E-state index in [2.05, 4.69) is 40.9 Å². The first-order valence-electron chi connectivity index (χ1n) is 6.47. The molecule has 0 aliphatic rings. The van der Waals surface area contributed by atoms with Crippen molar-refractivity contribution < 1.29 is 0 Å². The third-order valence-corrected chi connectivity index (χ3v) is 4.17. The minimum atomic E-state index is 0.590. The highest BCUT2D eigenvalue weighted by Gasteiger charge is 2.07. The van der Waals surface area contributed by atoms with Gasteiger partial charge in [-0.1, -0.05) is 12.1 Å². The third kappa shape index (κ3) is 4.24. The molecule has 0 bridgehead atoms. The summed E-state index contributed by atoms with van der Waals surface area (Å²) in [6, 6.07) is 9.10. The molecular weight excluding hydrogens is 240 g/mol. The van der Waals surface area contributed by atoms with Crippen molar-refractivity contribution in [3.8, 4) is 0 Å². The van der Waals surface area contributed by atoms with Crippen molar-refractivity contribution in [3.63, 3.8) is 0 Å². The Hall–Kier alpha value is -1.19. The Kier molecular flexibility index (Phi) is 5.36. The van der Waals surface area contributed by atoms with E-state index in [0.717, 1.165) is 6.42 Å². The smallest absolute Gasteiger partial charge is 0.0299 e. The third-order valence-electron chi connectivity index (χ3n) is 3.23. The minimum absolute atomic E-state index is 0.590. The first-order chi connectivity index (χ1) is 8.88. The number of pyridine rings is 1. The second kappa shape index (κ2) is 7.29. The van der Waals surface area contributed by atoms with Gasteiger partial charge < -0.3 is 5.32 Å². The number of rotatable bonds is 7. The SMILES string of the molecule is CNC(CCc1cccnc1)CCc1cccs1. The average molecular weight is 260 g/mol. The maximum Gasteiger partial charge on any atom is 0.0299 e. The van der Waals surface area contributed by atoms with Gasteiger partial charge in [-0.3, -0.25) is 4.98 Å². The molecule has 0 saturated heterocycles. The first-order valence-corrected chi connectivity index (χ1v) is 7.35. The van der Waals surface area contributed by atoms with Crippen LogP contribution in [0.2, 0.25) is 0 Å². The summed E-state index contributed by atoms with van der Waals surface area (Å²) >= 11 is 1.85. The number of nitrogens with zero attached hydrogens (tertiary/aromatic N) is 1. The summed E-state index contributed by atoms with van der Waals surface area (Å²) in [5.41, 5.74) is 1.33. The maximum absolute atomic E-state index is 4.16. The van der Waals surface area contributed by atoms with Crippen LogP contribution in [0, 0.1) is 0 Å². The molecule has 1 atom stereocenters. The zero-order chi connectivity index (χ0) is 12.6. The molecule has 2 nitrogen and oxygen atoms in total. The molecule has 3 heteroatoms. The van der Waals surface area contributed by atoms with E-state index in [4.69, 9.17) is 0 Å². The molecular formula is C15H20N2S. The monoisotopic (exact) mass is 260 g/mol. The summed E-state index contributed by atoms with van der Waals surface area (Å²) in [5, 5.41) is 5.57. The standard InChI is InChI=1S/C15H20N2S/c1-16-14(8-9-15-5-3-11-18-15)7-6-13-4-2-10-17-12-13/h2-5,10-12,14,16H,6-9H2,1H3. The van der Waals surface area contributed by atoms with E-state index >= 15 is 0 Å². The van der Waals surface area contributed by atoms with Gasteiger partial charge in [-0.25, -0.2) is 0 Å². The van der Waals surface area contributed by atoms with Crippen molar-refractivity contribution >= 4 is 11.3 Å². The van der Waals surface area contributed by atoms with Gasteiger partial charge in [-0.15, -0.1) is 11.3 Å². The van der Waals surface area contributed by atoms with Gasteiger partial charge in [0.1, 0.15) is 0 Å². The van der Waals surface area contributed by atoms with Crippen LogP contribution in [0.15, 0.2) is 42.0 Å². The molecule has 0 amide bonds. The Labute approximate surface area is 113 Å². The molecule has 18 heavy (non-hydrogen) atoms. The Bertz CT molecular complexity index is 425. The Morgan fingerprint density at radius 1 is 1.22 bits per heavy atom. The lowest BCUT2D eigenvalue weighted by molar-refractivity contribution is 0.490. The van der Waals surface area contributed by atoms with Gasteiger partial charge in [0.2, 0.25) is 0 Å². The average Bonchev–Trinajstić information content (AvgIpc) is 2.93. The molecule has 0 aromatic carbocycles. The second-order valence-electron chi connectivity index (χ2n) is 4.50. The fourth-order valence-electron chi connectivity index (χ4n) is 2.09. The highest BCUT2D eigenvalue weighted by Crippen LogP contribution is 2.14. The molecule has 2 heterocycles. The van der Waals surface area contributed by atoms with Crippen LogP contribution in [0.3, 0.4) is 0 Å². The van der Waals surface area contributed by atoms with Gasteiger partial charge in [-0.05, 0) is 55.8 Å². The van der Waals surface area contributed by atoms with Crippen molar-refractivity contribution in [1.82, 2.24) is 10.3 Å². The molecule has 0 aliphatic heterocycles. The number of aryl methyl sites for hydroxylation is 2. The second-order valence-corrected chi connectivity index (χ2v) is 5.54.